The van der Waals surface area contributed by atoms with E-state index in [2.05, 4.69) is 16.9 Å². The third-order valence-electron chi connectivity index (χ3n) is 4.84. The number of anilines is 2. The van der Waals surface area contributed by atoms with Crippen molar-refractivity contribution >= 4 is 23.3 Å². The predicted molar refractivity (Wildman–Crippen MR) is 109 cm³/mol. The van der Waals surface area contributed by atoms with Gasteiger partial charge in [0, 0.05) is 12.1 Å². The summed E-state index contributed by atoms with van der Waals surface area (Å²) in [6.45, 7) is 7.61. The molecule has 6 nitrogen and oxygen atoms in total. The van der Waals surface area contributed by atoms with Crippen LogP contribution in [0.2, 0.25) is 0 Å². The molecule has 1 fully saturated rings. The van der Waals surface area contributed by atoms with E-state index in [9.17, 15) is 18.4 Å². The summed E-state index contributed by atoms with van der Waals surface area (Å²) in [5, 5.41) is 2.54. The zero-order chi connectivity index (χ0) is 21.6. The Labute approximate surface area is 169 Å². The molecule has 156 valence electrons. The summed E-state index contributed by atoms with van der Waals surface area (Å²) in [6, 6.07) is 1.21. The van der Waals surface area contributed by atoms with Crippen LogP contribution in [-0.4, -0.2) is 40.7 Å². The lowest BCUT2D eigenvalue weighted by Crippen LogP contribution is -2.48. The first kappa shape index (κ1) is 22.3. The van der Waals surface area contributed by atoms with Crippen LogP contribution in [0, 0.1) is 6.92 Å². The molecule has 1 aliphatic heterocycles. The van der Waals surface area contributed by atoms with Crippen LogP contribution >= 0.6 is 0 Å². The molecule has 1 aliphatic rings. The zero-order valence-corrected chi connectivity index (χ0v) is 16.6. The number of hydrogen-bond donors (Lipinski definition) is 2. The van der Waals surface area contributed by atoms with E-state index in [0.717, 1.165) is 12.8 Å². The summed E-state index contributed by atoms with van der Waals surface area (Å²) in [6.07, 6.45) is 5.14. The molecule has 1 aromatic heterocycles. The van der Waals surface area contributed by atoms with Crippen molar-refractivity contribution in [3.05, 3.63) is 53.8 Å². The highest BCUT2D eigenvalue weighted by molar-refractivity contribution is 6.39. The van der Waals surface area contributed by atoms with Crippen LogP contribution in [0.15, 0.2) is 48.2 Å². The maximum Gasteiger partial charge on any atom is 0.313 e. The summed E-state index contributed by atoms with van der Waals surface area (Å²) in [4.78, 5) is 30.6. The minimum Gasteiger partial charge on any atom is -0.383 e. The lowest BCUT2D eigenvalue weighted by Gasteiger charge is -2.35. The molecule has 0 aliphatic carbocycles. The number of nitrogens with one attached hydrogen (secondary N) is 1. The number of nitrogens with zero attached hydrogens (tertiary/aromatic N) is 2. The largest absolute Gasteiger partial charge is 0.383 e. The van der Waals surface area contributed by atoms with Crippen LogP contribution in [0.3, 0.4) is 0 Å². The van der Waals surface area contributed by atoms with Gasteiger partial charge >= 0.3 is 11.8 Å². The molecule has 0 aromatic carbocycles. The minimum atomic E-state index is -2.59. The van der Waals surface area contributed by atoms with E-state index in [1.807, 2.05) is 0 Å². The highest BCUT2D eigenvalue weighted by atomic mass is 19.3. The molecule has 29 heavy (non-hydrogen) atoms. The average molecular weight is 404 g/mol. The van der Waals surface area contributed by atoms with Crippen molar-refractivity contribution in [3.8, 4) is 0 Å². The van der Waals surface area contributed by atoms with Gasteiger partial charge in [-0.2, -0.15) is 0 Å². The Balaban J connectivity index is 2.11. The minimum absolute atomic E-state index is 0.121. The van der Waals surface area contributed by atoms with E-state index in [1.165, 1.54) is 36.2 Å². The average Bonchev–Trinajstić information content (AvgIpc) is 2.70. The molecule has 0 bridgehead atoms. The van der Waals surface area contributed by atoms with Gasteiger partial charge in [0.25, 0.3) is 6.43 Å². The molecule has 2 rings (SSSR count). The summed E-state index contributed by atoms with van der Waals surface area (Å²) in [5.41, 5.74) is 7.10. The Kier molecular flexibility index (Phi) is 7.64. The maximum atomic E-state index is 12.9. The molecule has 1 saturated heterocycles. The van der Waals surface area contributed by atoms with E-state index in [-0.39, 0.29) is 5.57 Å². The fraction of sp³-hybridized carbons (Fsp3) is 0.381. The number of hydrogen-bond acceptors (Lipinski definition) is 4. The van der Waals surface area contributed by atoms with E-state index in [0.29, 0.717) is 35.6 Å². The van der Waals surface area contributed by atoms with Crippen molar-refractivity contribution < 1.29 is 18.4 Å². The summed E-state index contributed by atoms with van der Waals surface area (Å²) >= 11 is 0. The SMILES string of the molecule is C=C(/C=C\C(=C/C)C(F)F)[C@@H]1CCCCN1C(=O)C(=O)Nc1cnc(N)c(C)c1. The molecule has 0 saturated carbocycles. The second-order valence-corrected chi connectivity index (χ2v) is 6.89. The number of pyridine rings is 1. The molecule has 2 heterocycles. The fourth-order valence-corrected chi connectivity index (χ4v) is 3.14. The number of piperidine rings is 1. The number of aromatic nitrogens is 1. The Morgan fingerprint density at radius 2 is 2.10 bits per heavy atom. The van der Waals surface area contributed by atoms with E-state index >= 15 is 0 Å². The van der Waals surface area contributed by atoms with Gasteiger partial charge in [-0.25, -0.2) is 13.8 Å². The number of carbonyl (C=O) groups is 2. The quantitative estimate of drug-likeness (QED) is 0.580. The normalized spacial score (nSPS) is 17.6. The highest BCUT2D eigenvalue weighted by Gasteiger charge is 2.31. The van der Waals surface area contributed by atoms with Crippen LogP contribution < -0.4 is 11.1 Å². The second-order valence-electron chi connectivity index (χ2n) is 6.89. The van der Waals surface area contributed by atoms with Crippen LogP contribution in [0.5, 0.6) is 0 Å². The van der Waals surface area contributed by atoms with Crippen LogP contribution in [-0.2, 0) is 9.59 Å². The Hall–Kier alpha value is -3.03. The topological polar surface area (TPSA) is 88.3 Å². The molecule has 0 radical (unpaired) electrons. The van der Waals surface area contributed by atoms with Crippen molar-refractivity contribution in [1.29, 1.82) is 0 Å². The molecule has 2 amide bonds. The smallest absolute Gasteiger partial charge is 0.313 e. The lowest BCUT2D eigenvalue weighted by atomic mass is 9.95. The first-order chi connectivity index (χ1) is 13.7. The molecule has 1 aromatic rings. The highest BCUT2D eigenvalue weighted by Crippen LogP contribution is 2.24. The van der Waals surface area contributed by atoms with Gasteiger partial charge in [0.2, 0.25) is 0 Å². The lowest BCUT2D eigenvalue weighted by molar-refractivity contribution is -0.145. The summed E-state index contributed by atoms with van der Waals surface area (Å²) in [5.74, 6) is -1.14. The van der Waals surface area contributed by atoms with Gasteiger partial charge in [0.1, 0.15) is 5.82 Å². The third kappa shape index (κ3) is 5.73. The monoisotopic (exact) mass is 404 g/mol. The molecule has 0 unspecified atom stereocenters. The molecule has 0 spiro atoms. The number of allylic oxidation sites excluding steroid dienone is 3. The molecule has 3 N–H and O–H groups in total. The first-order valence-electron chi connectivity index (χ1n) is 9.40. The van der Waals surface area contributed by atoms with Gasteiger partial charge in [-0.05, 0) is 50.3 Å². The van der Waals surface area contributed by atoms with Gasteiger partial charge in [0.15, 0.2) is 0 Å². The number of nitrogens with two attached hydrogens (primary N) is 1. The van der Waals surface area contributed by atoms with Crippen LogP contribution in [0.25, 0.3) is 0 Å². The van der Waals surface area contributed by atoms with Gasteiger partial charge < -0.3 is 16.0 Å². The van der Waals surface area contributed by atoms with E-state index < -0.39 is 24.3 Å². The van der Waals surface area contributed by atoms with Crippen molar-refractivity contribution in [3.63, 3.8) is 0 Å². The maximum absolute atomic E-state index is 12.9. The van der Waals surface area contributed by atoms with Crippen molar-refractivity contribution in [2.45, 2.75) is 45.6 Å². The zero-order valence-electron chi connectivity index (χ0n) is 16.6. The van der Waals surface area contributed by atoms with E-state index in [1.54, 1.807) is 13.0 Å². The van der Waals surface area contributed by atoms with Crippen LogP contribution in [0.1, 0.15) is 31.7 Å². The fourth-order valence-electron chi connectivity index (χ4n) is 3.14. The Morgan fingerprint density at radius 3 is 2.72 bits per heavy atom. The Morgan fingerprint density at radius 1 is 1.38 bits per heavy atom. The van der Waals surface area contributed by atoms with Gasteiger partial charge in [-0.15, -0.1) is 0 Å². The number of likely N-dealkylation sites (tertiary alicyclic amines) is 1. The standard InChI is InChI=1S/C21H26F2N4O2/c1-4-15(18(22)23)9-8-13(2)17-7-5-6-10-27(17)21(29)20(28)26-16-11-14(3)19(24)25-12-16/h4,8-9,11-12,17-18H,2,5-7,10H2,1,3H3,(H2,24,25)(H,26,28)/b9-8-,15-4+/t17-/m0/s1. The number of halogens is 2. The summed E-state index contributed by atoms with van der Waals surface area (Å²) < 4.78 is 25.8. The molecular formula is C21H26F2N4O2. The number of aryl methyl sites for hydroxylation is 1. The van der Waals surface area contributed by atoms with Gasteiger partial charge in [0.05, 0.1) is 17.9 Å². The number of alkyl halides is 2. The van der Waals surface area contributed by atoms with Crippen molar-refractivity contribution in [2.24, 2.45) is 0 Å². The first-order valence-corrected chi connectivity index (χ1v) is 9.40. The number of amides is 2. The summed E-state index contributed by atoms with van der Waals surface area (Å²) in [7, 11) is 0. The molecular weight excluding hydrogens is 378 g/mol. The van der Waals surface area contributed by atoms with Crippen LogP contribution in [0.4, 0.5) is 20.3 Å². The van der Waals surface area contributed by atoms with Crippen molar-refractivity contribution in [1.82, 2.24) is 9.88 Å². The Bertz CT molecular complexity index is 849. The van der Waals surface area contributed by atoms with E-state index in [4.69, 9.17) is 5.73 Å². The van der Waals surface area contributed by atoms with Crippen molar-refractivity contribution in [2.75, 3.05) is 17.6 Å². The number of nitrogen functional groups attached to an aromatic ring is 1. The number of carbonyl (C=O) groups excluding carboxylic acids is 2. The number of rotatable bonds is 5. The van der Waals surface area contributed by atoms with Gasteiger partial charge in [-0.3, -0.25) is 9.59 Å². The predicted octanol–water partition coefficient (Wildman–Crippen LogP) is 3.62. The van der Waals surface area contributed by atoms with Gasteiger partial charge in [-0.1, -0.05) is 24.8 Å². The third-order valence-corrected chi connectivity index (χ3v) is 4.84. The molecule has 8 heteroatoms. The molecule has 1 atom stereocenters. The second kappa shape index (κ2) is 9.95.